The van der Waals surface area contributed by atoms with Gasteiger partial charge in [-0.25, -0.2) is 9.97 Å². The molecule has 1 amide bonds. The van der Waals surface area contributed by atoms with Gasteiger partial charge in [0.2, 0.25) is 0 Å². The summed E-state index contributed by atoms with van der Waals surface area (Å²) in [7, 11) is 3.09. The zero-order chi connectivity index (χ0) is 19.2. The molecule has 3 aromatic rings. The molecule has 0 bridgehead atoms. The number of nitrogens with one attached hydrogen (secondary N) is 2. The van der Waals surface area contributed by atoms with Crippen LogP contribution in [0.15, 0.2) is 54.9 Å². The van der Waals surface area contributed by atoms with Gasteiger partial charge in [-0.2, -0.15) is 0 Å². The Morgan fingerprint density at radius 3 is 2.52 bits per heavy atom. The number of nitrogens with zero attached hydrogens (tertiary/aromatic N) is 2. The molecule has 0 saturated heterocycles. The Hall–Kier alpha value is -3.32. The number of amides is 1. The molecule has 0 aliphatic carbocycles. The van der Waals surface area contributed by atoms with Crippen molar-refractivity contribution in [3.05, 3.63) is 65.6 Å². The summed E-state index contributed by atoms with van der Waals surface area (Å²) in [6.45, 7) is 0. The van der Waals surface area contributed by atoms with Crippen LogP contribution in [0.1, 0.15) is 10.5 Å². The van der Waals surface area contributed by atoms with Gasteiger partial charge in [0, 0.05) is 11.8 Å². The number of aromatic nitrogens is 2. The topological polar surface area (TPSA) is 85.4 Å². The second kappa shape index (κ2) is 8.37. The molecule has 0 unspecified atom stereocenters. The van der Waals surface area contributed by atoms with Gasteiger partial charge in [-0.05, 0) is 30.3 Å². The highest BCUT2D eigenvalue weighted by Gasteiger charge is 2.12. The fourth-order valence-corrected chi connectivity index (χ4v) is 2.63. The second-order valence-electron chi connectivity index (χ2n) is 5.42. The predicted molar refractivity (Wildman–Crippen MR) is 104 cm³/mol. The molecule has 0 fully saturated rings. The van der Waals surface area contributed by atoms with Crippen LogP contribution in [0.5, 0.6) is 11.5 Å². The van der Waals surface area contributed by atoms with Gasteiger partial charge < -0.3 is 20.1 Å². The van der Waals surface area contributed by atoms with E-state index in [9.17, 15) is 4.79 Å². The fraction of sp³-hybridized carbons (Fsp3) is 0.105. The molecule has 0 spiro atoms. The standard InChI is InChI=1S/C19H17ClN4O3/c1-26-16-8-7-12(9-13(16)20)23-18-10-15(21-11-22-18)19(25)24-14-5-3-4-6-17(14)27-2/h3-11H,1-2H3,(H,24,25)(H,21,22,23). The Bertz CT molecular complexity index is 965. The molecule has 1 aromatic heterocycles. The number of anilines is 3. The zero-order valence-corrected chi connectivity index (χ0v) is 15.4. The zero-order valence-electron chi connectivity index (χ0n) is 14.7. The van der Waals surface area contributed by atoms with Crippen LogP contribution in [-0.4, -0.2) is 30.1 Å². The third kappa shape index (κ3) is 4.45. The van der Waals surface area contributed by atoms with Crippen molar-refractivity contribution in [3.63, 3.8) is 0 Å². The number of para-hydroxylation sites is 2. The van der Waals surface area contributed by atoms with Crippen LogP contribution in [0.4, 0.5) is 17.2 Å². The van der Waals surface area contributed by atoms with Crippen LogP contribution in [0.2, 0.25) is 5.02 Å². The van der Waals surface area contributed by atoms with Crippen LogP contribution in [0, 0.1) is 0 Å². The molecule has 0 aliphatic rings. The van der Waals surface area contributed by atoms with E-state index in [1.165, 1.54) is 13.4 Å². The lowest BCUT2D eigenvalue weighted by Gasteiger charge is -2.11. The van der Waals surface area contributed by atoms with Crippen LogP contribution in [-0.2, 0) is 0 Å². The van der Waals surface area contributed by atoms with E-state index in [1.807, 2.05) is 6.07 Å². The van der Waals surface area contributed by atoms with Crippen molar-refractivity contribution in [2.24, 2.45) is 0 Å². The van der Waals surface area contributed by atoms with Gasteiger partial charge in [0.1, 0.15) is 29.3 Å². The number of methoxy groups -OCH3 is 2. The molecule has 0 atom stereocenters. The molecule has 3 rings (SSSR count). The summed E-state index contributed by atoms with van der Waals surface area (Å²) < 4.78 is 10.4. The summed E-state index contributed by atoms with van der Waals surface area (Å²) in [5, 5.41) is 6.32. The van der Waals surface area contributed by atoms with Crippen molar-refractivity contribution in [2.45, 2.75) is 0 Å². The largest absolute Gasteiger partial charge is 0.495 e. The number of carbonyl (C=O) groups excluding carboxylic acids is 1. The molecule has 2 aromatic carbocycles. The van der Waals surface area contributed by atoms with E-state index in [4.69, 9.17) is 21.1 Å². The minimum Gasteiger partial charge on any atom is -0.495 e. The van der Waals surface area contributed by atoms with Gasteiger partial charge in [-0.1, -0.05) is 23.7 Å². The van der Waals surface area contributed by atoms with Gasteiger partial charge in [0.25, 0.3) is 5.91 Å². The Balaban J connectivity index is 1.77. The average molecular weight is 385 g/mol. The third-order valence-corrected chi connectivity index (χ3v) is 3.97. The minimum absolute atomic E-state index is 0.206. The number of benzene rings is 2. The van der Waals surface area contributed by atoms with E-state index < -0.39 is 0 Å². The maximum absolute atomic E-state index is 12.5. The maximum atomic E-state index is 12.5. The Morgan fingerprint density at radius 2 is 1.78 bits per heavy atom. The first-order valence-corrected chi connectivity index (χ1v) is 8.35. The van der Waals surface area contributed by atoms with Crippen molar-refractivity contribution >= 4 is 34.7 Å². The van der Waals surface area contributed by atoms with E-state index in [2.05, 4.69) is 20.6 Å². The molecule has 138 valence electrons. The fourth-order valence-electron chi connectivity index (χ4n) is 2.38. The smallest absolute Gasteiger partial charge is 0.274 e. The highest BCUT2D eigenvalue weighted by atomic mass is 35.5. The molecule has 8 heteroatoms. The summed E-state index contributed by atoms with van der Waals surface area (Å²) in [6.07, 6.45) is 1.31. The third-order valence-electron chi connectivity index (χ3n) is 3.68. The molecule has 1 heterocycles. The van der Waals surface area contributed by atoms with Crippen LogP contribution in [0.3, 0.4) is 0 Å². The molecule has 27 heavy (non-hydrogen) atoms. The number of hydrogen-bond acceptors (Lipinski definition) is 6. The first kappa shape index (κ1) is 18.5. The number of ether oxygens (including phenoxy) is 2. The Morgan fingerprint density at radius 1 is 1.00 bits per heavy atom. The van der Waals surface area contributed by atoms with E-state index in [1.54, 1.807) is 49.6 Å². The van der Waals surface area contributed by atoms with Crippen LogP contribution >= 0.6 is 11.6 Å². The Labute approximate surface area is 161 Å². The first-order chi connectivity index (χ1) is 13.1. The summed E-state index contributed by atoms with van der Waals surface area (Å²) in [6, 6.07) is 13.9. The van der Waals surface area contributed by atoms with E-state index in [0.717, 1.165) is 0 Å². The molecule has 0 saturated carbocycles. The van der Waals surface area contributed by atoms with Crippen molar-refractivity contribution in [2.75, 3.05) is 24.9 Å². The molecule has 0 radical (unpaired) electrons. The highest BCUT2D eigenvalue weighted by molar-refractivity contribution is 6.32. The van der Waals surface area contributed by atoms with Gasteiger partial charge in [0.05, 0.1) is 24.9 Å². The van der Waals surface area contributed by atoms with Gasteiger partial charge in [-0.3, -0.25) is 4.79 Å². The SMILES string of the molecule is COc1ccc(Nc2cc(C(=O)Nc3ccccc3OC)ncn2)cc1Cl. The summed E-state index contributed by atoms with van der Waals surface area (Å²) in [4.78, 5) is 20.7. The number of halogens is 1. The maximum Gasteiger partial charge on any atom is 0.274 e. The molecule has 7 nitrogen and oxygen atoms in total. The van der Waals surface area contributed by atoms with Crippen molar-refractivity contribution < 1.29 is 14.3 Å². The lowest BCUT2D eigenvalue weighted by Crippen LogP contribution is -2.15. The lowest BCUT2D eigenvalue weighted by molar-refractivity contribution is 0.102. The van der Waals surface area contributed by atoms with Gasteiger partial charge in [-0.15, -0.1) is 0 Å². The van der Waals surface area contributed by atoms with Gasteiger partial charge >= 0.3 is 0 Å². The van der Waals surface area contributed by atoms with Crippen molar-refractivity contribution in [1.82, 2.24) is 9.97 Å². The number of carbonyl (C=O) groups is 1. The predicted octanol–water partition coefficient (Wildman–Crippen LogP) is 4.14. The van der Waals surface area contributed by atoms with Crippen molar-refractivity contribution in [1.29, 1.82) is 0 Å². The lowest BCUT2D eigenvalue weighted by atomic mass is 10.2. The highest BCUT2D eigenvalue weighted by Crippen LogP contribution is 2.28. The van der Waals surface area contributed by atoms with E-state index >= 15 is 0 Å². The normalized spacial score (nSPS) is 10.2. The molecule has 2 N–H and O–H groups in total. The number of hydrogen-bond donors (Lipinski definition) is 2. The second-order valence-corrected chi connectivity index (χ2v) is 5.82. The molecular weight excluding hydrogens is 368 g/mol. The van der Waals surface area contributed by atoms with Crippen LogP contribution < -0.4 is 20.1 Å². The van der Waals surface area contributed by atoms with E-state index in [0.29, 0.717) is 33.7 Å². The number of rotatable bonds is 6. The quantitative estimate of drug-likeness (QED) is 0.664. The van der Waals surface area contributed by atoms with E-state index in [-0.39, 0.29) is 11.6 Å². The van der Waals surface area contributed by atoms with Crippen molar-refractivity contribution in [3.8, 4) is 11.5 Å². The Kier molecular flexibility index (Phi) is 5.73. The summed E-state index contributed by atoms with van der Waals surface area (Å²) in [5.41, 5.74) is 1.47. The summed E-state index contributed by atoms with van der Waals surface area (Å²) in [5.74, 6) is 1.21. The minimum atomic E-state index is -0.377. The van der Waals surface area contributed by atoms with Crippen LogP contribution in [0.25, 0.3) is 0 Å². The average Bonchev–Trinajstić information content (AvgIpc) is 2.69. The summed E-state index contributed by atoms with van der Waals surface area (Å²) >= 11 is 6.12. The molecular formula is C19H17ClN4O3. The monoisotopic (exact) mass is 384 g/mol. The first-order valence-electron chi connectivity index (χ1n) is 7.97. The molecule has 0 aliphatic heterocycles. The van der Waals surface area contributed by atoms with Gasteiger partial charge in [0.15, 0.2) is 0 Å².